The minimum atomic E-state index is -0.209. The van der Waals surface area contributed by atoms with Gasteiger partial charge in [0.05, 0.1) is 6.54 Å². The summed E-state index contributed by atoms with van der Waals surface area (Å²) in [7, 11) is 0. The Kier molecular flexibility index (Phi) is 3.82. The standard InChI is InChI=1S/C24H22N2O/c27-23(26-20-11-12-20)22-21-13-14-24(15-17(21)16-25-22,18-7-3-1-4-8-18)19-9-5-2-6-10-19/h1-10,13-14,20H,11-12,15-16H2,(H,26,27). The van der Waals surface area contributed by atoms with Crippen molar-refractivity contribution in [2.75, 3.05) is 6.54 Å². The summed E-state index contributed by atoms with van der Waals surface area (Å²) in [6.45, 7) is 0.620. The van der Waals surface area contributed by atoms with Gasteiger partial charge in [-0.3, -0.25) is 9.79 Å². The van der Waals surface area contributed by atoms with Crippen LogP contribution < -0.4 is 5.32 Å². The van der Waals surface area contributed by atoms with E-state index < -0.39 is 0 Å². The summed E-state index contributed by atoms with van der Waals surface area (Å²) in [5.41, 5.74) is 5.23. The Morgan fingerprint density at radius 3 is 2.19 bits per heavy atom. The highest BCUT2D eigenvalue weighted by Gasteiger charge is 2.39. The third-order valence-electron chi connectivity index (χ3n) is 5.80. The predicted octanol–water partition coefficient (Wildman–Crippen LogP) is 3.96. The molecule has 134 valence electrons. The van der Waals surface area contributed by atoms with Gasteiger partial charge in [0.15, 0.2) is 0 Å². The third-order valence-corrected chi connectivity index (χ3v) is 5.80. The van der Waals surface area contributed by atoms with Crippen molar-refractivity contribution < 1.29 is 4.79 Å². The Morgan fingerprint density at radius 2 is 1.59 bits per heavy atom. The second-order valence-corrected chi connectivity index (χ2v) is 7.64. The lowest BCUT2D eigenvalue weighted by atomic mass is 9.67. The van der Waals surface area contributed by atoms with Gasteiger partial charge in [-0.15, -0.1) is 0 Å². The van der Waals surface area contributed by atoms with Crippen molar-refractivity contribution in [2.45, 2.75) is 30.7 Å². The van der Waals surface area contributed by atoms with Gasteiger partial charge in [-0.2, -0.15) is 0 Å². The number of allylic oxidation sites excluding steroid dienone is 2. The lowest BCUT2D eigenvalue weighted by Gasteiger charge is -2.35. The third kappa shape index (κ3) is 2.84. The highest BCUT2D eigenvalue weighted by atomic mass is 16.2. The van der Waals surface area contributed by atoms with Crippen molar-refractivity contribution in [2.24, 2.45) is 4.99 Å². The molecule has 0 atom stereocenters. The van der Waals surface area contributed by atoms with Gasteiger partial charge >= 0.3 is 0 Å². The summed E-state index contributed by atoms with van der Waals surface area (Å²) in [4.78, 5) is 17.1. The van der Waals surface area contributed by atoms with Crippen LogP contribution in [0.5, 0.6) is 0 Å². The smallest absolute Gasteiger partial charge is 0.270 e. The minimum absolute atomic E-state index is 0.0147. The quantitative estimate of drug-likeness (QED) is 0.887. The van der Waals surface area contributed by atoms with E-state index in [1.807, 2.05) is 0 Å². The first-order valence-electron chi connectivity index (χ1n) is 9.64. The first-order chi connectivity index (χ1) is 13.3. The first kappa shape index (κ1) is 16.2. The summed E-state index contributed by atoms with van der Waals surface area (Å²) in [6, 6.07) is 21.6. The van der Waals surface area contributed by atoms with Gasteiger partial charge in [-0.05, 0) is 36.0 Å². The van der Waals surface area contributed by atoms with Crippen LogP contribution in [-0.2, 0) is 10.2 Å². The van der Waals surface area contributed by atoms with E-state index in [2.05, 4.69) is 83.1 Å². The molecule has 2 aromatic rings. The fourth-order valence-corrected chi connectivity index (χ4v) is 4.19. The van der Waals surface area contributed by atoms with E-state index >= 15 is 0 Å². The predicted molar refractivity (Wildman–Crippen MR) is 108 cm³/mol. The van der Waals surface area contributed by atoms with Crippen LogP contribution in [-0.4, -0.2) is 24.2 Å². The van der Waals surface area contributed by atoms with Gasteiger partial charge in [0.2, 0.25) is 0 Å². The zero-order valence-electron chi connectivity index (χ0n) is 15.2. The molecular formula is C24H22N2O. The molecule has 0 bridgehead atoms. The van der Waals surface area contributed by atoms with Gasteiger partial charge < -0.3 is 5.32 Å². The Hall–Kier alpha value is -2.94. The largest absolute Gasteiger partial charge is 0.348 e. The molecule has 3 heteroatoms. The van der Waals surface area contributed by atoms with E-state index in [0.29, 0.717) is 18.3 Å². The van der Waals surface area contributed by atoms with E-state index in [1.165, 1.54) is 16.7 Å². The number of nitrogens with zero attached hydrogens (tertiary/aromatic N) is 1. The normalized spacial score (nSPS) is 20.2. The molecule has 5 rings (SSSR count). The molecule has 0 aromatic heterocycles. The highest BCUT2D eigenvalue weighted by molar-refractivity contribution is 6.47. The molecule has 1 fully saturated rings. The molecular weight excluding hydrogens is 332 g/mol. The summed E-state index contributed by atoms with van der Waals surface area (Å²) < 4.78 is 0. The molecule has 1 saturated carbocycles. The van der Waals surface area contributed by atoms with Gasteiger partial charge in [0, 0.05) is 17.0 Å². The number of rotatable bonds is 4. The number of carbonyl (C=O) groups is 1. The van der Waals surface area contributed by atoms with Crippen LogP contribution in [0.1, 0.15) is 30.4 Å². The summed E-state index contributed by atoms with van der Waals surface area (Å²) >= 11 is 0. The molecule has 27 heavy (non-hydrogen) atoms. The molecule has 3 aliphatic rings. The van der Waals surface area contributed by atoms with Crippen LogP contribution in [0.15, 0.2) is 89.0 Å². The fraction of sp³-hybridized carbons (Fsp3) is 0.250. The zero-order chi connectivity index (χ0) is 18.3. The molecule has 1 amide bonds. The van der Waals surface area contributed by atoms with Crippen LogP contribution in [0.25, 0.3) is 0 Å². The van der Waals surface area contributed by atoms with Crippen LogP contribution in [0.2, 0.25) is 0 Å². The summed E-state index contributed by atoms with van der Waals surface area (Å²) in [6.07, 6.45) is 7.42. The van der Waals surface area contributed by atoms with E-state index in [1.54, 1.807) is 0 Å². The summed E-state index contributed by atoms with van der Waals surface area (Å²) in [5.74, 6) is -0.0147. The number of hydrogen-bond acceptors (Lipinski definition) is 2. The Labute approximate surface area is 159 Å². The maximum Gasteiger partial charge on any atom is 0.270 e. The van der Waals surface area contributed by atoms with Crippen LogP contribution in [0.3, 0.4) is 0 Å². The SMILES string of the molecule is O=C(NC1CC1)C1=NCC2=C1C=CC(c1ccccc1)(c1ccccc1)C2. The second kappa shape index (κ2) is 6.34. The lowest BCUT2D eigenvalue weighted by molar-refractivity contribution is -0.114. The van der Waals surface area contributed by atoms with Gasteiger partial charge in [0.25, 0.3) is 5.91 Å². The second-order valence-electron chi connectivity index (χ2n) is 7.64. The summed E-state index contributed by atoms with van der Waals surface area (Å²) in [5, 5.41) is 3.08. The average Bonchev–Trinajstić information content (AvgIpc) is 3.44. The van der Waals surface area contributed by atoms with E-state index in [4.69, 9.17) is 0 Å². The zero-order valence-corrected chi connectivity index (χ0v) is 15.2. The number of hydrogen-bond donors (Lipinski definition) is 1. The van der Waals surface area contributed by atoms with E-state index in [9.17, 15) is 4.79 Å². The van der Waals surface area contributed by atoms with Gasteiger partial charge in [-0.1, -0.05) is 72.8 Å². The van der Waals surface area contributed by atoms with Crippen molar-refractivity contribution >= 4 is 11.6 Å². The van der Waals surface area contributed by atoms with Gasteiger partial charge in [-0.25, -0.2) is 0 Å². The first-order valence-corrected chi connectivity index (χ1v) is 9.64. The molecule has 2 aliphatic carbocycles. The number of carbonyl (C=O) groups excluding carboxylic acids is 1. The van der Waals surface area contributed by atoms with Crippen molar-refractivity contribution in [3.63, 3.8) is 0 Å². The van der Waals surface area contributed by atoms with Crippen molar-refractivity contribution in [3.8, 4) is 0 Å². The van der Waals surface area contributed by atoms with Crippen molar-refractivity contribution in [1.82, 2.24) is 5.32 Å². The monoisotopic (exact) mass is 354 g/mol. The highest BCUT2D eigenvalue weighted by Crippen LogP contribution is 2.44. The minimum Gasteiger partial charge on any atom is -0.348 e. The fourth-order valence-electron chi connectivity index (χ4n) is 4.19. The Balaban J connectivity index is 1.52. The average molecular weight is 354 g/mol. The maximum absolute atomic E-state index is 12.5. The lowest BCUT2D eigenvalue weighted by Crippen LogP contribution is -2.34. The Morgan fingerprint density at radius 1 is 0.963 bits per heavy atom. The van der Waals surface area contributed by atoms with Crippen LogP contribution in [0, 0.1) is 0 Å². The van der Waals surface area contributed by atoms with Crippen LogP contribution >= 0.6 is 0 Å². The molecule has 1 heterocycles. The molecule has 1 N–H and O–H groups in total. The topological polar surface area (TPSA) is 41.5 Å². The number of nitrogens with one attached hydrogen (secondary N) is 1. The number of aliphatic imine (C=N–C) groups is 1. The van der Waals surface area contributed by atoms with Crippen molar-refractivity contribution in [1.29, 1.82) is 0 Å². The van der Waals surface area contributed by atoms with Crippen molar-refractivity contribution in [3.05, 3.63) is 95.1 Å². The molecule has 0 saturated heterocycles. The molecule has 2 aromatic carbocycles. The van der Waals surface area contributed by atoms with Gasteiger partial charge in [0.1, 0.15) is 5.71 Å². The molecule has 1 aliphatic heterocycles. The Bertz CT molecular complexity index is 926. The van der Waals surface area contributed by atoms with E-state index in [-0.39, 0.29) is 11.3 Å². The molecule has 3 nitrogen and oxygen atoms in total. The number of amides is 1. The van der Waals surface area contributed by atoms with E-state index in [0.717, 1.165) is 24.8 Å². The molecule has 0 radical (unpaired) electrons. The molecule has 0 spiro atoms. The molecule has 0 unspecified atom stereocenters. The maximum atomic E-state index is 12.5. The van der Waals surface area contributed by atoms with Crippen LogP contribution in [0.4, 0.5) is 0 Å². The number of benzene rings is 2.